The van der Waals surface area contributed by atoms with Crippen LogP contribution < -0.4 is 10.9 Å². The largest absolute Gasteiger partial charge is 0.327 e. The van der Waals surface area contributed by atoms with Gasteiger partial charge in [-0.25, -0.2) is 0 Å². The van der Waals surface area contributed by atoms with Crippen molar-refractivity contribution in [2.45, 2.75) is 13.0 Å². The molecule has 2 aromatic heterocycles. The van der Waals surface area contributed by atoms with E-state index in [1.165, 1.54) is 0 Å². The van der Waals surface area contributed by atoms with Crippen LogP contribution in [-0.2, 0) is 0 Å². The van der Waals surface area contributed by atoms with Gasteiger partial charge < -0.3 is 10.3 Å². The Balaban J connectivity index is 2.77. The number of hydrogen-bond donors (Lipinski definition) is 2. The molecule has 0 radical (unpaired) electrons. The summed E-state index contributed by atoms with van der Waals surface area (Å²) in [6.45, 7) is 2.04. The first-order valence-corrected chi connectivity index (χ1v) is 4.87. The van der Waals surface area contributed by atoms with Crippen molar-refractivity contribution < 1.29 is 0 Å². The van der Waals surface area contributed by atoms with Crippen LogP contribution in [0.5, 0.6) is 0 Å². The van der Waals surface area contributed by atoms with Crippen molar-refractivity contribution in [1.29, 1.82) is 0 Å². The number of pyridine rings is 2. The van der Waals surface area contributed by atoms with Crippen molar-refractivity contribution in [3.63, 3.8) is 0 Å². The van der Waals surface area contributed by atoms with E-state index in [0.29, 0.717) is 5.52 Å². The van der Waals surface area contributed by atoms with Gasteiger partial charge in [0.05, 0.1) is 0 Å². The smallest absolute Gasteiger partial charge is 0.274 e. The Kier molecular flexibility index (Phi) is 2.51. The molecular formula is C11H13N3O. The first-order valence-electron chi connectivity index (χ1n) is 4.87. The summed E-state index contributed by atoms with van der Waals surface area (Å²) < 4.78 is 0. The highest BCUT2D eigenvalue weighted by molar-refractivity contribution is 5.81. The number of H-pyrrole nitrogens is 1. The first kappa shape index (κ1) is 9.86. The molecule has 0 aliphatic carbocycles. The molecule has 2 N–H and O–H groups in total. The van der Waals surface area contributed by atoms with E-state index in [2.05, 4.69) is 15.3 Å². The second-order valence-electron chi connectivity index (χ2n) is 3.48. The van der Waals surface area contributed by atoms with Crippen molar-refractivity contribution in [2.75, 3.05) is 7.05 Å². The predicted molar refractivity (Wildman–Crippen MR) is 59.8 cm³/mol. The van der Waals surface area contributed by atoms with E-state index in [1.54, 1.807) is 12.4 Å². The molecule has 0 aliphatic rings. The third-order valence-electron chi connectivity index (χ3n) is 2.59. The summed E-state index contributed by atoms with van der Waals surface area (Å²) in [5, 5.41) is 4.05. The van der Waals surface area contributed by atoms with Crippen molar-refractivity contribution in [2.24, 2.45) is 0 Å². The minimum absolute atomic E-state index is 0.141. The van der Waals surface area contributed by atoms with Gasteiger partial charge in [0.15, 0.2) is 0 Å². The van der Waals surface area contributed by atoms with Gasteiger partial charge in [-0.3, -0.25) is 9.78 Å². The average Bonchev–Trinajstić information content (AvgIpc) is 2.29. The summed E-state index contributed by atoms with van der Waals surface area (Å²) in [5.41, 5.74) is 1.41. The van der Waals surface area contributed by atoms with Gasteiger partial charge in [-0.15, -0.1) is 0 Å². The van der Waals surface area contributed by atoms with Gasteiger partial charge >= 0.3 is 0 Å². The lowest BCUT2D eigenvalue weighted by molar-refractivity contribution is 0.654. The Morgan fingerprint density at radius 1 is 1.53 bits per heavy atom. The number of aromatic amines is 1. The molecule has 0 fully saturated rings. The summed E-state index contributed by atoms with van der Waals surface area (Å²) in [5.74, 6) is 0. The fraction of sp³-hybridized carbons (Fsp3) is 0.273. The quantitative estimate of drug-likeness (QED) is 0.771. The standard InChI is InChI=1S/C11H13N3O/c1-7(12-2)9-6-14-11(15)10-8(9)4-3-5-13-10/h3-7,12H,1-2H3,(H,14,15)/t7-/m1/s1. The van der Waals surface area contributed by atoms with E-state index in [-0.39, 0.29) is 11.6 Å². The van der Waals surface area contributed by atoms with Crippen LogP contribution in [0.3, 0.4) is 0 Å². The molecule has 0 unspecified atom stereocenters. The number of hydrogen-bond acceptors (Lipinski definition) is 3. The van der Waals surface area contributed by atoms with Crippen molar-refractivity contribution >= 4 is 10.9 Å². The molecule has 2 aromatic rings. The number of aromatic nitrogens is 2. The zero-order valence-corrected chi connectivity index (χ0v) is 8.74. The van der Waals surface area contributed by atoms with E-state index in [4.69, 9.17) is 0 Å². The first-order chi connectivity index (χ1) is 7.24. The molecule has 0 saturated heterocycles. The highest BCUT2D eigenvalue weighted by Gasteiger charge is 2.09. The maximum atomic E-state index is 11.5. The van der Waals surface area contributed by atoms with Crippen LogP contribution in [0, 0.1) is 0 Å². The maximum absolute atomic E-state index is 11.5. The van der Waals surface area contributed by atoms with Gasteiger partial charge in [0.25, 0.3) is 5.56 Å². The van der Waals surface area contributed by atoms with E-state index in [9.17, 15) is 4.79 Å². The Morgan fingerprint density at radius 2 is 2.33 bits per heavy atom. The fourth-order valence-corrected chi connectivity index (χ4v) is 1.62. The average molecular weight is 203 g/mol. The molecule has 4 heteroatoms. The molecule has 0 spiro atoms. The zero-order chi connectivity index (χ0) is 10.8. The molecule has 2 heterocycles. The van der Waals surface area contributed by atoms with Crippen LogP contribution >= 0.6 is 0 Å². The molecule has 0 aromatic carbocycles. The maximum Gasteiger partial charge on any atom is 0.274 e. The molecule has 1 atom stereocenters. The molecule has 0 bridgehead atoms. The molecule has 0 saturated carbocycles. The Morgan fingerprint density at radius 3 is 3.07 bits per heavy atom. The fourth-order valence-electron chi connectivity index (χ4n) is 1.62. The predicted octanol–water partition coefficient (Wildman–Crippen LogP) is 1.20. The van der Waals surface area contributed by atoms with Crippen molar-refractivity contribution in [3.05, 3.63) is 40.4 Å². The third kappa shape index (κ3) is 1.64. The highest BCUT2D eigenvalue weighted by atomic mass is 16.1. The minimum atomic E-state index is -0.141. The Bertz CT molecular complexity index is 533. The van der Waals surface area contributed by atoms with Crippen LogP contribution in [0.15, 0.2) is 29.3 Å². The van der Waals surface area contributed by atoms with E-state index >= 15 is 0 Å². The Labute approximate surface area is 87.4 Å². The van der Waals surface area contributed by atoms with Gasteiger partial charge in [0, 0.05) is 23.8 Å². The summed E-state index contributed by atoms with van der Waals surface area (Å²) in [7, 11) is 1.89. The number of nitrogens with one attached hydrogen (secondary N) is 2. The monoisotopic (exact) mass is 203 g/mol. The number of rotatable bonds is 2. The van der Waals surface area contributed by atoms with E-state index in [1.807, 2.05) is 26.1 Å². The van der Waals surface area contributed by atoms with Crippen LogP contribution in [-0.4, -0.2) is 17.0 Å². The second kappa shape index (κ2) is 3.82. The molecule has 78 valence electrons. The second-order valence-corrected chi connectivity index (χ2v) is 3.48. The summed E-state index contributed by atoms with van der Waals surface area (Å²) >= 11 is 0. The van der Waals surface area contributed by atoms with Gasteiger partial charge in [0.1, 0.15) is 5.52 Å². The summed E-state index contributed by atoms with van der Waals surface area (Å²) in [6.07, 6.45) is 3.37. The number of nitrogens with zero attached hydrogens (tertiary/aromatic N) is 1. The highest BCUT2D eigenvalue weighted by Crippen LogP contribution is 2.18. The molecule has 0 aliphatic heterocycles. The van der Waals surface area contributed by atoms with Crippen molar-refractivity contribution in [1.82, 2.24) is 15.3 Å². The molecular weight excluding hydrogens is 190 g/mol. The Hall–Kier alpha value is -1.68. The lowest BCUT2D eigenvalue weighted by Gasteiger charge is -2.12. The molecule has 0 amide bonds. The summed E-state index contributed by atoms with van der Waals surface area (Å²) in [4.78, 5) is 18.3. The van der Waals surface area contributed by atoms with Crippen LogP contribution in [0.2, 0.25) is 0 Å². The van der Waals surface area contributed by atoms with Crippen LogP contribution in [0.25, 0.3) is 10.9 Å². The molecule has 4 nitrogen and oxygen atoms in total. The minimum Gasteiger partial charge on any atom is -0.327 e. The van der Waals surface area contributed by atoms with E-state index < -0.39 is 0 Å². The van der Waals surface area contributed by atoms with Crippen molar-refractivity contribution in [3.8, 4) is 0 Å². The SMILES string of the molecule is CN[C@H](C)c1c[nH]c(=O)c2ncccc12. The molecule has 15 heavy (non-hydrogen) atoms. The lowest BCUT2D eigenvalue weighted by Crippen LogP contribution is -2.16. The van der Waals surface area contributed by atoms with Crippen LogP contribution in [0.4, 0.5) is 0 Å². The number of fused-ring (bicyclic) bond motifs is 1. The van der Waals surface area contributed by atoms with E-state index in [0.717, 1.165) is 10.9 Å². The molecule has 2 rings (SSSR count). The van der Waals surface area contributed by atoms with Gasteiger partial charge in [0.2, 0.25) is 0 Å². The lowest BCUT2D eigenvalue weighted by atomic mass is 10.1. The normalized spacial score (nSPS) is 12.9. The topological polar surface area (TPSA) is 57.8 Å². The van der Waals surface area contributed by atoms with Gasteiger partial charge in [-0.05, 0) is 25.6 Å². The van der Waals surface area contributed by atoms with Gasteiger partial charge in [-0.2, -0.15) is 0 Å². The third-order valence-corrected chi connectivity index (χ3v) is 2.59. The van der Waals surface area contributed by atoms with Gasteiger partial charge in [-0.1, -0.05) is 6.07 Å². The van der Waals surface area contributed by atoms with Crippen LogP contribution in [0.1, 0.15) is 18.5 Å². The zero-order valence-electron chi connectivity index (χ0n) is 8.74. The summed E-state index contributed by atoms with van der Waals surface area (Å²) in [6, 6.07) is 3.95.